The van der Waals surface area contributed by atoms with Gasteiger partial charge in [0.25, 0.3) is 0 Å². The molecule has 3 N–H and O–H groups in total. The normalized spacial score (nSPS) is 24.0. The number of hydrogen-bond acceptors (Lipinski definition) is 4. The zero-order valence-corrected chi connectivity index (χ0v) is 16.3. The molecule has 0 saturated heterocycles. The molecule has 2 aliphatic rings. The van der Waals surface area contributed by atoms with Gasteiger partial charge in [-0.25, -0.2) is 0 Å². The van der Waals surface area contributed by atoms with E-state index in [2.05, 4.69) is 70.8 Å². The first-order valence-corrected chi connectivity index (χ1v) is 10.7. The molecule has 3 unspecified atom stereocenters. The largest absolute Gasteiger partial charge is 0.380 e. The predicted octanol–water partition coefficient (Wildman–Crippen LogP) is 5.52. The quantitative estimate of drug-likeness (QED) is 0.537. The molecule has 0 radical (unpaired) electrons. The third-order valence-corrected chi connectivity index (χ3v) is 6.65. The summed E-state index contributed by atoms with van der Waals surface area (Å²) in [6, 6.07) is 18.0. The maximum Gasteiger partial charge on any atom is 0.0590 e. The van der Waals surface area contributed by atoms with Crippen molar-refractivity contribution in [1.29, 1.82) is 0 Å². The minimum atomic E-state index is 0.651. The molecule has 2 aromatic carbocycles. The van der Waals surface area contributed by atoms with Gasteiger partial charge in [-0.15, -0.1) is 0 Å². The molecule has 0 aliphatic heterocycles. The van der Waals surface area contributed by atoms with Crippen molar-refractivity contribution in [3.8, 4) is 0 Å². The summed E-state index contributed by atoms with van der Waals surface area (Å²) in [6.07, 6.45) is 5.62. The van der Waals surface area contributed by atoms with E-state index in [1.54, 1.807) is 11.9 Å². The Morgan fingerprint density at radius 3 is 2.62 bits per heavy atom. The molecular formula is C22H29N3S. The summed E-state index contributed by atoms with van der Waals surface area (Å²) >= 11 is 1.70. The monoisotopic (exact) mass is 367 g/mol. The second kappa shape index (κ2) is 8.36. The van der Waals surface area contributed by atoms with Gasteiger partial charge < -0.3 is 10.6 Å². The van der Waals surface area contributed by atoms with E-state index >= 15 is 0 Å². The second-order valence-corrected chi connectivity index (χ2v) is 8.54. The van der Waals surface area contributed by atoms with Gasteiger partial charge in [0.2, 0.25) is 0 Å². The van der Waals surface area contributed by atoms with E-state index in [1.165, 1.54) is 47.5 Å². The fraction of sp³-hybridized carbons (Fsp3) is 0.455. The van der Waals surface area contributed by atoms with E-state index < -0.39 is 0 Å². The van der Waals surface area contributed by atoms with Crippen LogP contribution in [0, 0.1) is 11.8 Å². The minimum Gasteiger partial charge on any atom is -0.380 e. The summed E-state index contributed by atoms with van der Waals surface area (Å²) < 4.78 is 3.35. The van der Waals surface area contributed by atoms with Crippen molar-refractivity contribution in [2.24, 2.45) is 11.8 Å². The van der Waals surface area contributed by atoms with Crippen molar-refractivity contribution in [3.63, 3.8) is 0 Å². The number of fused-ring (bicyclic) bond motifs is 2. The molecule has 0 aromatic heterocycles. The lowest BCUT2D eigenvalue weighted by molar-refractivity contribution is 0.440. The average molecular weight is 368 g/mol. The van der Waals surface area contributed by atoms with Gasteiger partial charge in [0.1, 0.15) is 0 Å². The highest BCUT2D eigenvalue weighted by molar-refractivity contribution is 7.97. The maximum atomic E-state index is 3.87. The highest BCUT2D eigenvalue weighted by atomic mass is 32.2. The van der Waals surface area contributed by atoms with Crippen LogP contribution >= 0.6 is 11.9 Å². The van der Waals surface area contributed by atoms with E-state index in [1.807, 2.05) is 0 Å². The van der Waals surface area contributed by atoms with Crippen LogP contribution in [0.25, 0.3) is 0 Å². The third kappa shape index (κ3) is 4.18. The Kier molecular flexibility index (Phi) is 5.71. The van der Waals surface area contributed by atoms with Gasteiger partial charge in [0, 0.05) is 24.0 Å². The fourth-order valence-electron chi connectivity index (χ4n) is 4.43. The number of rotatable bonds is 8. The highest BCUT2D eigenvalue weighted by Gasteiger charge is 2.39. The summed E-state index contributed by atoms with van der Waals surface area (Å²) in [5.41, 5.74) is 3.77. The number of anilines is 2. The minimum absolute atomic E-state index is 0.651. The van der Waals surface area contributed by atoms with Crippen LogP contribution in [-0.2, 0) is 6.54 Å². The molecule has 2 bridgehead atoms. The molecule has 2 aliphatic carbocycles. The first-order valence-electron chi connectivity index (χ1n) is 9.90. The Bertz CT molecular complexity index is 719. The van der Waals surface area contributed by atoms with Crippen LogP contribution < -0.4 is 15.4 Å². The van der Waals surface area contributed by atoms with Gasteiger partial charge in [0.05, 0.1) is 11.4 Å². The van der Waals surface area contributed by atoms with E-state index in [0.29, 0.717) is 6.04 Å². The van der Waals surface area contributed by atoms with Crippen molar-refractivity contribution in [2.75, 3.05) is 17.2 Å². The molecule has 4 heteroatoms. The topological polar surface area (TPSA) is 36.1 Å². The molecule has 3 nitrogen and oxygen atoms in total. The van der Waals surface area contributed by atoms with Crippen molar-refractivity contribution in [2.45, 2.75) is 50.1 Å². The molecular weight excluding hydrogens is 338 g/mol. The van der Waals surface area contributed by atoms with Crippen LogP contribution in [-0.4, -0.2) is 12.6 Å². The Hall–Kier alpha value is -1.65. The van der Waals surface area contributed by atoms with Crippen LogP contribution in [0.4, 0.5) is 11.4 Å². The standard InChI is InChI=1S/C22H29N3S/c1-2-24-26-19-10-11-20(25-21-13-17-8-9-18(21)12-17)22(14-19)23-15-16-6-4-3-5-7-16/h3-7,10-11,14,17-18,21,23-25H,2,8-9,12-13,15H2,1H3. The smallest absolute Gasteiger partial charge is 0.0590 e. The third-order valence-electron chi connectivity index (χ3n) is 5.73. The molecule has 0 heterocycles. The van der Waals surface area contributed by atoms with Crippen LogP contribution in [0.5, 0.6) is 0 Å². The lowest BCUT2D eigenvalue weighted by atomic mass is 9.95. The summed E-state index contributed by atoms with van der Waals surface area (Å²) in [5, 5.41) is 7.53. The fourth-order valence-corrected chi connectivity index (χ4v) is 5.05. The Morgan fingerprint density at radius 1 is 1.00 bits per heavy atom. The van der Waals surface area contributed by atoms with Gasteiger partial charge >= 0.3 is 0 Å². The van der Waals surface area contributed by atoms with E-state index in [4.69, 9.17) is 0 Å². The van der Waals surface area contributed by atoms with Gasteiger partial charge in [-0.1, -0.05) is 43.7 Å². The Balaban J connectivity index is 1.49. The van der Waals surface area contributed by atoms with Crippen molar-refractivity contribution in [1.82, 2.24) is 4.72 Å². The van der Waals surface area contributed by atoms with Gasteiger partial charge in [-0.2, -0.15) is 0 Å². The molecule has 2 aromatic rings. The lowest BCUT2D eigenvalue weighted by Gasteiger charge is -2.26. The molecule has 2 fully saturated rings. The van der Waals surface area contributed by atoms with Crippen molar-refractivity contribution in [3.05, 3.63) is 54.1 Å². The predicted molar refractivity (Wildman–Crippen MR) is 113 cm³/mol. The van der Waals surface area contributed by atoms with Gasteiger partial charge in [0.15, 0.2) is 0 Å². The second-order valence-electron chi connectivity index (χ2n) is 7.57. The first-order chi connectivity index (χ1) is 12.8. The molecule has 0 amide bonds. The summed E-state index contributed by atoms with van der Waals surface area (Å²) in [5.74, 6) is 1.83. The summed E-state index contributed by atoms with van der Waals surface area (Å²) in [7, 11) is 0. The zero-order valence-electron chi connectivity index (χ0n) is 15.5. The maximum absolute atomic E-state index is 3.87. The number of nitrogens with one attached hydrogen (secondary N) is 3. The van der Waals surface area contributed by atoms with E-state index in [-0.39, 0.29) is 0 Å². The molecule has 3 atom stereocenters. The van der Waals surface area contributed by atoms with Crippen LogP contribution in [0.3, 0.4) is 0 Å². The van der Waals surface area contributed by atoms with E-state index in [9.17, 15) is 0 Å². The molecule has 26 heavy (non-hydrogen) atoms. The van der Waals surface area contributed by atoms with Crippen LogP contribution in [0.2, 0.25) is 0 Å². The van der Waals surface area contributed by atoms with Crippen molar-refractivity contribution < 1.29 is 0 Å². The molecule has 0 spiro atoms. The van der Waals surface area contributed by atoms with Crippen LogP contribution in [0.15, 0.2) is 53.4 Å². The van der Waals surface area contributed by atoms with E-state index in [0.717, 1.165) is 24.9 Å². The first kappa shape index (κ1) is 17.7. The number of hydrogen-bond donors (Lipinski definition) is 3. The van der Waals surface area contributed by atoms with Gasteiger partial charge in [-0.05, 0) is 66.8 Å². The van der Waals surface area contributed by atoms with Crippen molar-refractivity contribution >= 4 is 23.3 Å². The number of benzene rings is 2. The summed E-state index contributed by atoms with van der Waals surface area (Å²) in [4.78, 5) is 1.25. The average Bonchev–Trinajstić information content (AvgIpc) is 3.30. The Labute approximate surface area is 161 Å². The lowest BCUT2D eigenvalue weighted by Crippen LogP contribution is -2.26. The summed E-state index contributed by atoms with van der Waals surface area (Å²) in [6.45, 7) is 3.94. The SMILES string of the molecule is CCNSc1ccc(NC2CC3CCC2C3)c(NCc2ccccc2)c1. The highest BCUT2D eigenvalue weighted by Crippen LogP contribution is 2.46. The van der Waals surface area contributed by atoms with Gasteiger partial charge in [-0.3, -0.25) is 4.72 Å². The molecule has 4 rings (SSSR count). The Morgan fingerprint density at radius 2 is 1.88 bits per heavy atom. The molecule has 138 valence electrons. The molecule has 2 saturated carbocycles. The zero-order chi connectivity index (χ0) is 17.8. The van der Waals surface area contributed by atoms with Crippen LogP contribution in [0.1, 0.15) is 38.2 Å².